The van der Waals surface area contributed by atoms with Crippen molar-refractivity contribution < 1.29 is 9.18 Å². The van der Waals surface area contributed by atoms with Gasteiger partial charge in [-0.1, -0.05) is 18.2 Å². The van der Waals surface area contributed by atoms with Crippen LogP contribution in [-0.4, -0.2) is 11.0 Å². The number of benzene rings is 1. The molecule has 20 heavy (non-hydrogen) atoms. The Balaban J connectivity index is 2.22. The second kappa shape index (κ2) is 5.97. The number of carbonyl (C=O) groups is 1. The molecule has 3 N–H and O–H groups in total. The minimum atomic E-state index is -0.621. The van der Waals surface area contributed by atoms with Gasteiger partial charge in [0.25, 0.3) is 0 Å². The largest absolute Gasteiger partial charge is 0.351 e. The van der Waals surface area contributed by atoms with Gasteiger partial charge >= 0.3 is 6.03 Å². The molecule has 0 bridgehead atoms. The molecule has 1 aromatic heterocycles. The summed E-state index contributed by atoms with van der Waals surface area (Å²) in [6.07, 6.45) is 3.60. The average Bonchev–Trinajstić information content (AvgIpc) is 2.36. The van der Waals surface area contributed by atoms with E-state index in [1.165, 1.54) is 12.1 Å². The zero-order valence-electron chi connectivity index (χ0n) is 10.9. The number of urea groups is 1. The number of aryl methyl sites for hydroxylation is 1. The molecular formula is C15H14FN3O. The predicted molar refractivity (Wildman–Crippen MR) is 77.5 cm³/mol. The monoisotopic (exact) mass is 271 g/mol. The normalized spacial score (nSPS) is 10.7. The van der Waals surface area contributed by atoms with E-state index in [9.17, 15) is 9.18 Å². The molecule has 0 radical (unpaired) electrons. The fourth-order valence-corrected chi connectivity index (χ4v) is 1.75. The van der Waals surface area contributed by atoms with Crippen molar-refractivity contribution in [2.45, 2.75) is 6.92 Å². The van der Waals surface area contributed by atoms with Crippen LogP contribution >= 0.6 is 0 Å². The Bertz CT molecular complexity index is 651. The molecule has 1 aromatic carbocycles. The molecular weight excluding hydrogens is 257 g/mol. The SMILES string of the molecule is Cc1cc(NC(N)=O)cc(/C=C/c2ccc(F)cc2)n1. The third kappa shape index (κ3) is 3.91. The lowest BCUT2D eigenvalue weighted by molar-refractivity contribution is 0.259. The first kappa shape index (κ1) is 13.7. The van der Waals surface area contributed by atoms with Gasteiger partial charge in [0.2, 0.25) is 0 Å². The number of nitrogens with zero attached hydrogens (tertiary/aromatic N) is 1. The molecule has 102 valence electrons. The lowest BCUT2D eigenvalue weighted by atomic mass is 10.2. The van der Waals surface area contributed by atoms with E-state index in [1.807, 2.05) is 13.0 Å². The van der Waals surface area contributed by atoms with Crippen LogP contribution in [0.1, 0.15) is 17.0 Å². The van der Waals surface area contributed by atoms with Gasteiger partial charge in [0.15, 0.2) is 0 Å². The summed E-state index contributed by atoms with van der Waals surface area (Å²) in [6, 6.07) is 8.93. The molecule has 0 unspecified atom stereocenters. The number of carbonyl (C=O) groups excluding carboxylic acids is 1. The van der Waals surface area contributed by atoms with Gasteiger partial charge in [-0.05, 0) is 42.8 Å². The number of pyridine rings is 1. The smallest absolute Gasteiger partial charge is 0.316 e. The number of nitrogens with two attached hydrogens (primary N) is 1. The maximum absolute atomic E-state index is 12.8. The maximum atomic E-state index is 12.8. The molecule has 0 atom stereocenters. The van der Waals surface area contributed by atoms with Gasteiger partial charge in [0, 0.05) is 11.4 Å². The van der Waals surface area contributed by atoms with Gasteiger partial charge in [0.05, 0.1) is 5.69 Å². The summed E-state index contributed by atoms with van der Waals surface area (Å²) in [4.78, 5) is 15.2. The topological polar surface area (TPSA) is 68.0 Å². The number of nitrogens with one attached hydrogen (secondary N) is 1. The Kier molecular flexibility index (Phi) is 4.10. The molecule has 2 aromatic rings. The minimum absolute atomic E-state index is 0.274. The predicted octanol–water partition coefficient (Wildman–Crippen LogP) is 3.19. The molecule has 1 heterocycles. The summed E-state index contributed by atoms with van der Waals surface area (Å²) in [5.41, 5.74) is 7.96. The quantitative estimate of drug-likeness (QED) is 0.900. The maximum Gasteiger partial charge on any atom is 0.316 e. The van der Waals surface area contributed by atoms with Crippen molar-refractivity contribution in [3.63, 3.8) is 0 Å². The number of hydrogen-bond acceptors (Lipinski definition) is 2. The number of hydrogen-bond donors (Lipinski definition) is 2. The second-order valence-corrected chi connectivity index (χ2v) is 4.30. The third-order valence-electron chi connectivity index (χ3n) is 2.56. The molecule has 0 aliphatic carbocycles. The average molecular weight is 271 g/mol. The van der Waals surface area contributed by atoms with Crippen LogP contribution < -0.4 is 11.1 Å². The van der Waals surface area contributed by atoms with Gasteiger partial charge in [-0.3, -0.25) is 4.98 Å². The van der Waals surface area contributed by atoms with E-state index in [0.717, 1.165) is 11.3 Å². The zero-order chi connectivity index (χ0) is 14.5. The van der Waals surface area contributed by atoms with Crippen LogP contribution in [0, 0.1) is 12.7 Å². The molecule has 0 fully saturated rings. The lowest BCUT2D eigenvalue weighted by Crippen LogP contribution is -2.19. The van der Waals surface area contributed by atoms with Crippen LogP contribution in [0.25, 0.3) is 12.2 Å². The first-order chi connectivity index (χ1) is 9.52. The van der Waals surface area contributed by atoms with Crippen LogP contribution in [0.4, 0.5) is 14.9 Å². The number of amides is 2. The van der Waals surface area contributed by atoms with Crippen molar-refractivity contribution in [3.8, 4) is 0 Å². The standard InChI is InChI=1S/C15H14FN3O/c1-10-8-14(19-15(17)20)9-13(18-10)7-4-11-2-5-12(16)6-3-11/h2-9H,1H3,(H3,17,18,19,20)/b7-4+. The molecule has 0 saturated carbocycles. The second-order valence-electron chi connectivity index (χ2n) is 4.30. The van der Waals surface area contributed by atoms with E-state index in [1.54, 1.807) is 30.3 Å². The Morgan fingerprint density at radius 2 is 1.95 bits per heavy atom. The molecule has 2 rings (SSSR count). The van der Waals surface area contributed by atoms with E-state index in [2.05, 4.69) is 10.3 Å². The van der Waals surface area contributed by atoms with Crippen LogP contribution in [0.3, 0.4) is 0 Å². The number of aromatic nitrogens is 1. The van der Waals surface area contributed by atoms with Crippen molar-refractivity contribution in [1.82, 2.24) is 4.98 Å². The van der Waals surface area contributed by atoms with E-state index >= 15 is 0 Å². The Labute approximate surface area is 116 Å². The molecule has 0 saturated heterocycles. The van der Waals surface area contributed by atoms with Gasteiger partial charge in [0.1, 0.15) is 5.82 Å². The molecule has 4 nitrogen and oxygen atoms in total. The summed E-state index contributed by atoms with van der Waals surface area (Å²) in [5.74, 6) is -0.274. The van der Waals surface area contributed by atoms with Crippen LogP contribution in [0.5, 0.6) is 0 Å². The Morgan fingerprint density at radius 1 is 1.25 bits per heavy atom. The van der Waals surface area contributed by atoms with E-state index in [-0.39, 0.29) is 5.82 Å². The number of rotatable bonds is 3. The first-order valence-corrected chi connectivity index (χ1v) is 6.02. The highest BCUT2D eigenvalue weighted by molar-refractivity contribution is 5.88. The van der Waals surface area contributed by atoms with E-state index < -0.39 is 6.03 Å². The first-order valence-electron chi connectivity index (χ1n) is 6.02. The Hall–Kier alpha value is -2.69. The third-order valence-corrected chi connectivity index (χ3v) is 2.56. The Morgan fingerprint density at radius 3 is 2.60 bits per heavy atom. The number of anilines is 1. The van der Waals surface area contributed by atoms with Gasteiger partial charge < -0.3 is 11.1 Å². The fourth-order valence-electron chi connectivity index (χ4n) is 1.75. The fraction of sp³-hybridized carbons (Fsp3) is 0.0667. The highest BCUT2D eigenvalue weighted by Gasteiger charge is 2.00. The van der Waals surface area contributed by atoms with Crippen LogP contribution in [0.15, 0.2) is 36.4 Å². The van der Waals surface area contributed by atoms with Crippen molar-refractivity contribution >= 4 is 23.9 Å². The summed E-state index contributed by atoms with van der Waals surface area (Å²) in [7, 11) is 0. The van der Waals surface area contributed by atoms with Crippen molar-refractivity contribution in [1.29, 1.82) is 0 Å². The molecule has 0 aliphatic heterocycles. The highest BCUT2D eigenvalue weighted by Crippen LogP contribution is 2.14. The molecule has 0 aliphatic rings. The summed E-state index contributed by atoms with van der Waals surface area (Å²) < 4.78 is 12.8. The molecule has 2 amide bonds. The van der Waals surface area contributed by atoms with Crippen molar-refractivity contribution in [3.05, 3.63) is 59.2 Å². The number of halogens is 1. The summed E-state index contributed by atoms with van der Waals surface area (Å²) in [5, 5.41) is 2.51. The van der Waals surface area contributed by atoms with Crippen molar-refractivity contribution in [2.24, 2.45) is 5.73 Å². The van der Waals surface area contributed by atoms with Crippen molar-refractivity contribution in [2.75, 3.05) is 5.32 Å². The minimum Gasteiger partial charge on any atom is -0.351 e. The van der Waals surface area contributed by atoms with Gasteiger partial charge in [-0.15, -0.1) is 0 Å². The van der Waals surface area contributed by atoms with Gasteiger partial charge in [-0.2, -0.15) is 0 Å². The summed E-state index contributed by atoms with van der Waals surface area (Å²) in [6.45, 7) is 1.82. The van der Waals surface area contributed by atoms with Gasteiger partial charge in [-0.25, -0.2) is 9.18 Å². The molecule has 5 heteroatoms. The highest BCUT2D eigenvalue weighted by atomic mass is 19.1. The van der Waals surface area contributed by atoms with E-state index in [4.69, 9.17) is 5.73 Å². The van der Waals surface area contributed by atoms with Crippen LogP contribution in [-0.2, 0) is 0 Å². The molecule has 0 spiro atoms. The number of primary amides is 1. The lowest BCUT2D eigenvalue weighted by Gasteiger charge is -2.04. The summed E-state index contributed by atoms with van der Waals surface area (Å²) >= 11 is 0. The van der Waals surface area contributed by atoms with Crippen LogP contribution in [0.2, 0.25) is 0 Å². The van der Waals surface area contributed by atoms with E-state index in [0.29, 0.717) is 11.4 Å². The zero-order valence-corrected chi connectivity index (χ0v) is 10.9.